The predicted molar refractivity (Wildman–Crippen MR) is 138 cm³/mol. The molecule has 2 heterocycles. The van der Waals surface area contributed by atoms with Gasteiger partial charge in [0.25, 0.3) is 0 Å². The van der Waals surface area contributed by atoms with E-state index in [1.807, 2.05) is 42.8 Å². The van der Waals surface area contributed by atoms with Crippen LogP contribution in [0, 0.1) is 0 Å². The summed E-state index contributed by atoms with van der Waals surface area (Å²) in [6.45, 7) is 8.12. The van der Waals surface area contributed by atoms with Crippen molar-refractivity contribution in [3.63, 3.8) is 0 Å². The lowest BCUT2D eigenvalue weighted by Crippen LogP contribution is -2.38. The van der Waals surface area contributed by atoms with Crippen LogP contribution in [0.15, 0.2) is 54.7 Å². The molecular weight excluding hydrogens is 479 g/mol. The first-order valence-corrected chi connectivity index (χ1v) is 12.6. The summed E-state index contributed by atoms with van der Waals surface area (Å²) in [6, 6.07) is 13.0. The maximum atomic E-state index is 13.8. The lowest BCUT2D eigenvalue weighted by molar-refractivity contribution is -0.137. The Morgan fingerprint density at radius 3 is 2.30 bits per heavy atom. The van der Waals surface area contributed by atoms with Gasteiger partial charge in [-0.15, -0.1) is 0 Å². The van der Waals surface area contributed by atoms with E-state index in [1.54, 1.807) is 13.3 Å². The standard InChI is InChI=1S/C29H34F3N3O2/c1-6-28(7-2,19-12-14-20(15-13-19)29(30,31)32)17-24(36)22-18-33-35-26(22)34-23(16-27(35,3)4)21-10-8-9-11-25(21)37-5/h8-15,18,23,34H,6-7,16-17H2,1-5H3. The fourth-order valence-corrected chi connectivity index (χ4v) is 5.52. The number of Topliss-reactive ketones (excluding diaryl/α,β-unsaturated/α-hetero) is 1. The van der Waals surface area contributed by atoms with Crippen LogP contribution in [-0.2, 0) is 17.1 Å². The highest BCUT2D eigenvalue weighted by molar-refractivity contribution is 6.01. The van der Waals surface area contributed by atoms with E-state index < -0.39 is 17.2 Å². The number of nitrogens with one attached hydrogen (secondary N) is 1. The predicted octanol–water partition coefficient (Wildman–Crippen LogP) is 7.53. The Bertz CT molecular complexity index is 1260. The van der Waals surface area contributed by atoms with Crippen molar-refractivity contribution >= 4 is 11.6 Å². The number of methoxy groups -OCH3 is 1. The number of carbonyl (C=O) groups is 1. The highest BCUT2D eigenvalue weighted by Gasteiger charge is 2.39. The summed E-state index contributed by atoms with van der Waals surface area (Å²) in [5.74, 6) is 1.34. The van der Waals surface area contributed by atoms with Gasteiger partial charge in [-0.3, -0.25) is 4.79 Å². The van der Waals surface area contributed by atoms with Crippen LogP contribution >= 0.6 is 0 Å². The molecule has 0 aliphatic carbocycles. The van der Waals surface area contributed by atoms with Gasteiger partial charge >= 0.3 is 6.18 Å². The van der Waals surface area contributed by atoms with E-state index in [4.69, 9.17) is 4.74 Å². The van der Waals surface area contributed by atoms with Crippen LogP contribution in [0.25, 0.3) is 0 Å². The van der Waals surface area contributed by atoms with E-state index in [0.717, 1.165) is 35.4 Å². The number of halogens is 3. The molecule has 0 fully saturated rings. The number of alkyl halides is 3. The zero-order chi connectivity index (χ0) is 27.0. The first-order chi connectivity index (χ1) is 17.5. The van der Waals surface area contributed by atoms with Crippen LogP contribution in [0.1, 0.15) is 86.5 Å². The molecule has 3 aromatic rings. The van der Waals surface area contributed by atoms with Gasteiger partial charge in [0.15, 0.2) is 5.78 Å². The topological polar surface area (TPSA) is 56.2 Å². The lowest BCUT2D eigenvalue weighted by atomic mass is 9.71. The van der Waals surface area contributed by atoms with Crippen molar-refractivity contribution in [2.75, 3.05) is 12.4 Å². The van der Waals surface area contributed by atoms with Crippen LogP contribution in [0.2, 0.25) is 0 Å². The maximum Gasteiger partial charge on any atom is 0.416 e. The number of para-hydroxylation sites is 1. The van der Waals surface area contributed by atoms with Crippen molar-refractivity contribution < 1.29 is 22.7 Å². The molecule has 0 spiro atoms. The molecule has 1 atom stereocenters. The molecule has 1 N–H and O–H groups in total. The second-order valence-electron chi connectivity index (χ2n) is 10.4. The molecule has 37 heavy (non-hydrogen) atoms. The number of aromatic nitrogens is 2. The van der Waals surface area contributed by atoms with Crippen molar-refractivity contribution in [1.29, 1.82) is 0 Å². The Morgan fingerprint density at radius 1 is 1.08 bits per heavy atom. The molecule has 1 aliphatic rings. The minimum absolute atomic E-state index is 0.0843. The molecule has 0 saturated carbocycles. The Hall–Kier alpha value is -3.29. The molecule has 4 rings (SSSR count). The van der Waals surface area contributed by atoms with Crippen molar-refractivity contribution in [3.05, 3.63) is 77.0 Å². The van der Waals surface area contributed by atoms with Gasteiger partial charge in [-0.05, 0) is 56.9 Å². The van der Waals surface area contributed by atoms with E-state index in [1.165, 1.54) is 12.1 Å². The third-order valence-corrected chi connectivity index (χ3v) is 7.85. The van der Waals surface area contributed by atoms with Gasteiger partial charge in [-0.25, -0.2) is 4.68 Å². The van der Waals surface area contributed by atoms with Crippen LogP contribution in [0.4, 0.5) is 19.0 Å². The largest absolute Gasteiger partial charge is 0.496 e. The number of benzene rings is 2. The van der Waals surface area contributed by atoms with Gasteiger partial charge in [0, 0.05) is 17.4 Å². The molecule has 5 nitrogen and oxygen atoms in total. The Morgan fingerprint density at radius 2 is 1.70 bits per heavy atom. The summed E-state index contributed by atoms with van der Waals surface area (Å²) < 4.78 is 46.8. The van der Waals surface area contributed by atoms with Gasteiger partial charge in [0.2, 0.25) is 0 Å². The maximum absolute atomic E-state index is 13.8. The summed E-state index contributed by atoms with van der Waals surface area (Å²) in [6.07, 6.45) is -0.636. The molecular formula is C29H34F3N3O2. The average molecular weight is 514 g/mol. The number of hydrogen-bond acceptors (Lipinski definition) is 4. The fraction of sp³-hybridized carbons (Fsp3) is 0.448. The molecule has 8 heteroatoms. The smallest absolute Gasteiger partial charge is 0.416 e. The van der Waals surface area contributed by atoms with Crippen molar-refractivity contribution in [1.82, 2.24) is 9.78 Å². The van der Waals surface area contributed by atoms with Gasteiger partial charge in [-0.2, -0.15) is 18.3 Å². The van der Waals surface area contributed by atoms with Gasteiger partial charge < -0.3 is 10.1 Å². The number of carbonyl (C=O) groups excluding carboxylic acids is 1. The second-order valence-corrected chi connectivity index (χ2v) is 10.4. The average Bonchev–Trinajstić information content (AvgIpc) is 3.32. The van der Waals surface area contributed by atoms with Crippen LogP contribution in [0.5, 0.6) is 5.75 Å². The third-order valence-electron chi connectivity index (χ3n) is 7.85. The first-order valence-electron chi connectivity index (χ1n) is 12.6. The number of ether oxygens (including phenoxy) is 1. The highest BCUT2D eigenvalue weighted by atomic mass is 19.4. The van der Waals surface area contributed by atoms with Crippen molar-refractivity contribution in [2.24, 2.45) is 0 Å². The second kappa shape index (κ2) is 9.88. The highest BCUT2D eigenvalue weighted by Crippen LogP contribution is 2.44. The molecule has 0 saturated heterocycles. The zero-order valence-corrected chi connectivity index (χ0v) is 21.9. The molecule has 1 unspecified atom stereocenters. The monoisotopic (exact) mass is 513 g/mol. The molecule has 0 bridgehead atoms. The number of fused-ring (bicyclic) bond motifs is 1. The van der Waals surface area contributed by atoms with Crippen LogP contribution in [-0.4, -0.2) is 22.7 Å². The summed E-state index contributed by atoms with van der Waals surface area (Å²) >= 11 is 0. The normalized spacial score (nSPS) is 17.1. The van der Waals surface area contributed by atoms with Crippen LogP contribution < -0.4 is 10.1 Å². The van der Waals surface area contributed by atoms with Crippen molar-refractivity contribution in [3.8, 4) is 5.75 Å². The van der Waals surface area contributed by atoms with E-state index in [9.17, 15) is 18.0 Å². The minimum atomic E-state index is -4.40. The zero-order valence-electron chi connectivity index (χ0n) is 21.9. The van der Waals surface area contributed by atoms with E-state index in [-0.39, 0.29) is 23.8 Å². The summed E-state index contributed by atoms with van der Waals surface area (Å²) in [7, 11) is 1.64. The molecule has 0 amide bonds. The van der Waals surface area contributed by atoms with Crippen molar-refractivity contribution in [2.45, 2.75) is 76.6 Å². The number of hydrogen-bond donors (Lipinski definition) is 1. The van der Waals surface area contributed by atoms with Gasteiger partial charge in [0.05, 0.1) is 36.0 Å². The van der Waals surface area contributed by atoms with E-state index >= 15 is 0 Å². The number of nitrogens with zero attached hydrogens (tertiary/aromatic N) is 2. The summed E-state index contributed by atoms with van der Waals surface area (Å²) in [4.78, 5) is 13.8. The fourth-order valence-electron chi connectivity index (χ4n) is 5.52. The third kappa shape index (κ3) is 4.98. The summed E-state index contributed by atoms with van der Waals surface area (Å²) in [5, 5.41) is 8.10. The first kappa shape index (κ1) is 26.8. The molecule has 0 radical (unpaired) electrons. The van der Waals surface area contributed by atoms with E-state index in [2.05, 4.69) is 24.3 Å². The van der Waals surface area contributed by atoms with Gasteiger partial charge in [0.1, 0.15) is 11.6 Å². The minimum Gasteiger partial charge on any atom is -0.496 e. The Labute approximate surface area is 216 Å². The summed E-state index contributed by atoms with van der Waals surface area (Å²) in [5.41, 5.74) is 0.603. The molecule has 198 valence electrons. The number of anilines is 1. The quantitative estimate of drug-likeness (QED) is 0.316. The number of ketones is 1. The van der Waals surface area contributed by atoms with E-state index in [0.29, 0.717) is 24.2 Å². The van der Waals surface area contributed by atoms with Gasteiger partial charge in [-0.1, -0.05) is 44.2 Å². The molecule has 1 aliphatic heterocycles. The van der Waals surface area contributed by atoms with Crippen LogP contribution in [0.3, 0.4) is 0 Å². The SMILES string of the molecule is CCC(CC)(CC(=O)c1cnn2c1NC(c1ccccc1OC)CC2(C)C)c1ccc(C(F)(F)F)cc1. The Kier molecular flexibility index (Phi) is 7.14. The molecule has 1 aromatic heterocycles. The lowest BCUT2D eigenvalue weighted by Gasteiger charge is -2.39. The number of rotatable bonds is 8. The molecule has 2 aromatic carbocycles. The Balaban J connectivity index is 1.67.